The molecule has 1 fully saturated rings. The average molecular weight is 369 g/mol. The number of hydrogen-bond acceptors (Lipinski definition) is 3. The molecule has 1 saturated heterocycles. The second kappa shape index (κ2) is 8.29. The van der Waals surface area contributed by atoms with Gasteiger partial charge >= 0.3 is 0 Å². The molecule has 2 heterocycles. The summed E-state index contributed by atoms with van der Waals surface area (Å²) in [4.78, 5) is 32.4. The average Bonchev–Trinajstić information content (AvgIpc) is 2.86. The first-order valence-corrected chi connectivity index (χ1v) is 9.34. The fraction of sp³-hybridized carbons (Fsp3) is 0.429. The van der Waals surface area contributed by atoms with Crippen LogP contribution < -0.4 is 4.74 Å². The molecule has 0 bridgehead atoms. The number of rotatable bonds is 4. The quantitative estimate of drug-likeness (QED) is 0.901. The molecule has 0 unspecified atom stereocenters. The summed E-state index contributed by atoms with van der Waals surface area (Å²) in [6, 6.07) is 9.49. The summed E-state index contributed by atoms with van der Waals surface area (Å²) in [7, 11) is 1.62. The largest absolute Gasteiger partial charge is 0.497 e. The first kappa shape index (κ1) is 19.0. The van der Waals surface area contributed by atoms with Crippen molar-refractivity contribution >= 4 is 11.8 Å². The summed E-state index contributed by atoms with van der Waals surface area (Å²) in [5.41, 5.74) is 3.55. The molecule has 2 aromatic rings. The molecule has 1 N–H and O–H groups in total. The van der Waals surface area contributed by atoms with Gasteiger partial charge in [-0.05, 0) is 44.0 Å². The Morgan fingerprint density at radius 2 is 1.81 bits per heavy atom. The number of ether oxygens (including phenoxy) is 1. The molecule has 6 heteroatoms. The minimum Gasteiger partial charge on any atom is -0.497 e. The molecule has 1 aliphatic rings. The van der Waals surface area contributed by atoms with Crippen molar-refractivity contribution in [2.75, 3.05) is 33.3 Å². The van der Waals surface area contributed by atoms with E-state index in [1.165, 1.54) is 0 Å². The van der Waals surface area contributed by atoms with Crippen LogP contribution in [-0.4, -0.2) is 59.9 Å². The maximum absolute atomic E-state index is 12.8. The predicted octanol–water partition coefficient (Wildman–Crippen LogP) is 2.56. The zero-order valence-electron chi connectivity index (χ0n) is 16.2. The Morgan fingerprint density at radius 1 is 1.07 bits per heavy atom. The molecule has 0 atom stereocenters. The first-order chi connectivity index (χ1) is 13.0. The maximum atomic E-state index is 12.8. The van der Waals surface area contributed by atoms with Gasteiger partial charge in [-0.25, -0.2) is 0 Å². The number of aryl methyl sites for hydroxylation is 2. The smallest absolute Gasteiger partial charge is 0.255 e. The predicted molar refractivity (Wildman–Crippen MR) is 104 cm³/mol. The second-order valence-corrected chi connectivity index (χ2v) is 7.05. The molecule has 1 aromatic heterocycles. The number of amides is 2. The normalized spacial score (nSPS) is 14.8. The molecular weight excluding hydrogens is 342 g/mol. The standard InChI is InChI=1S/C21H27N3O3/c1-15-12-19(16(2)22-15)21(26)24-9-5-8-23(10-11-24)20(25)14-17-6-4-7-18(13-17)27-3/h4,6-7,12-13,22H,5,8-11,14H2,1-3H3. The van der Waals surface area contributed by atoms with Gasteiger partial charge in [-0.2, -0.15) is 0 Å². The Morgan fingerprint density at radius 3 is 2.52 bits per heavy atom. The van der Waals surface area contributed by atoms with Gasteiger partial charge in [0.2, 0.25) is 5.91 Å². The molecule has 1 aliphatic heterocycles. The lowest BCUT2D eigenvalue weighted by Gasteiger charge is -2.22. The molecule has 3 rings (SSSR count). The highest BCUT2D eigenvalue weighted by molar-refractivity contribution is 5.95. The van der Waals surface area contributed by atoms with Crippen LogP contribution in [0, 0.1) is 13.8 Å². The summed E-state index contributed by atoms with van der Waals surface area (Å²) < 4.78 is 5.22. The van der Waals surface area contributed by atoms with E-state index in [9.17, 15) is 9.59 Å². The molecule has 0 spiro atoms. The van der Waals surface area contributed by atoms with Crippen LogP contribution in [0.25, 0.3) is 0 Å². The van der Waals surface area contributed by atoms with Gasteiger partial charge in [0.1, 0.15) is 5.75 Å². The highest BCUT2D eigenvalue weighted by Crippen LogP contribution is 2.16. The molecule has 2 amide bonds. The second-order valence-electron chi connectivity index (χ2n) is 7.05. The van der Waals surface area contributed by atoms with Crippen molar-refractivity contribution in [2.24, 2.45) is 0 Å². The van der Waals surface area contributed by atoms with Crippen molar-refractivity contribution in [3.05, 3.63) is 52.8 Å². The van der Waals surface area contributed by atoms with Crippen molar-refractivity contribution in [1.82, 2.24) is 14.8 Å². The van der Waals surface area contributed by atoms with Crippen LogP contribution in [0.15, 0.2) is 30.3 Å². The van der Waals surface area contributed by atoms with Crippen LogP contribution in [0.1, 0.15) is 33.7 Å². The van der Waals surface area contributed by atoms with E-state index in [0.717, 1.165) is 34.7 Å². The van der Waals surface area contributed by atoms with Gasteiger partial charge in [-0.3, -0.25) is 9.59 Å². The number of nitrogens with zero attached hydrogens (tertiary/aromatic N) is 2. The molecule has 1 aromatic carbocycles. The Labute approximate surface area is 160 Å². The summed E-state index contributed by atoms with van der Waals surface area (Å²) in [5, 5.41) is 0. The van der Waals surface area contributed by atoms with E-state index in [2.05, 4.69) is 4.98 Å². The van der Waals surface area contributed by atoms with Crippen molar-refractivity contribution in [1.29, 1.82) is 0 Å². The van der Waals surface area contributed by atoms with Crippen molar-refractivity contribution in [3.8, 4) is 5.75 Å². The van der Waals surface area contributed by atoms with Crippen LogP contribution in [0.4, 0.5) is 0 Å². The van der Waals surface area contributed by atoms with Crippen molar-refractivity contribution in [2.45, 2.75) is 26.7 Å². The SMILES string of the molecule is COc1cccc(CC(=O)N2CCCN(C(=O)c3cc(C)[nH]c3C)CC2)c1. The van der Waals surface area contributed by atoms with Crippen LogP contribution >= 0.6 is 0 Å². The zero-order chi connectivity index (χ0) is 19.4. The number of nitrogens with one attached hydrogen (secondary N) is 1. The van der Waals surface area contributed by atoms with E-state index >= 15 is 0 Å². The van der Waals surface area contributed by atoms with Gasteiger partial charge in [0.25, 0.3) is 5.91 Å². The maximum Gasteiger partial charge on any atom is 0.255 e. The third-order valence-corrected chi connectivity index (χ3v) is 5.01. The lowest BCUT2D eigenvalue weighted by molar-refractivity contribution is -0.130. The van der Waals surface area contributed by atoms with Crippen LogP contribution in [-0.2, 0) is 11.2 Å². The minimum atomic E-state index is 0.0407. The number of methoxy groups -OCH3 is 1. The summed E-state index contributed by atoms with van der Waals surface area (Å²) in [5.74, 6) is 0.885. The lowest BCUT2D eigenvalue weighted by Crippen LogP contribution is -2.38. The Bertz CT molecular complexity index is 828. The molecule has 0 saturated carbocycles. The monoisotopic (exact) mass is 369 g/mol. The Kier molecular flexibility index (Phi) is 5.84. The number of benzene rings is 1. The summed E-state index contributed by atoms with van der Waals surface area (Å²) in [6.45, 7) is 6.35. The van der Waals surface area contributed by atoms with E-state index in [4.69, 9.17) is 4.74 Å². The van der Waals surface area contributed by atoms with Gasteiger partial charge in [-0.15, -0.1) is 0 Å². The lowest BCUT2D eigenvalue weighted by atomic mass is 10.1. The number of carbonyl (C=O) groups is 2. The van der Waals surface area contributed by atoms with Gasteiger partial charge < -0.3 is 19.5 Å². The highest BCUT2D eigenvalue weighted by Gasteiger charge is 2.24. The Balaban J connectivity index is 1.61. The molecule has 0 radical (unpaired) electrons. The van der Waals surface area contributed by atoms with Crippen LogP contribution in [0.2, 0.25) is 0 Å². The zero-order valence-corrected chi connectivity index (χ0v) is 16.2. The van der Waals surface area contributed by atoms with Gasteiger partial charge in [0.15, 0.2) is 0 Å². The third-order valence-electron chi connectivity index (χ3n) is 5.01. The fourth-order valence-corrected chi connectivity index (χ4v) is 3.56. The van der Waals surface area contributed by atoms with Crippen LogP contribution in [0.3, 0.4) is 0 Å². The third kappa shape index (κ3) is 4.51. The van der Waals surface area contributed by atoms with E-state index < -0.39 is 0 Å². The fourth-order valence-electron chi connectivity index (χ4n) is 3.56. The number of hydrogen-bond donors (Lipinski definition) is 1. The van der Waals surface area contributed by atoms with Crippen LogP contribution in [0.5, 0.6) is 5.75 Å². The molecule has 6 nitrogen and oxygen atoms in total. The van der Waals surface area contributed by atoms with E-state index in [1.54, 1.807) is 7.11 Å². The number of aromatic amines is 1. The molecule has 144 valence electrons. The van der Waals surface area contributed by atoms with E-state index in [-0.39, 0.29) is 11.8 Å². The van der Waals surface area contributed by atoms with E-state index in [1.807, 2.05) is 54.0 Å². The topological polar surface area (TPSA) is 65.6 Å². The summed E-state index contributed by atoms with van der Waals surface area (Å²) in [6.07, 6.45) is 1.14. The van der Waals surface area contributed by atoms with E-state index in [0.29, 0.717) is 32.6 Å². The van der Waals surface area contributed by atoms with Gasteiger partial charge in [0, 0.05) is 37.6 Å². The van der Waals surface area contributed by atoms with Crippen molar-refractivity contribution in [3.63, 3.8) is 0 Å². The minimum absolute atomic E-state index is 0.0407. The summed E-state index contributed by atoms with van der Waals surface area (Å²) >= 11 is 0. The molecule has 27 heavy (non-hydrogen) atoms. The Hall–Kier alpha value is -2.76. The first-order valence-electron chi connectivity index (χ1n) is 9.34. The van der Waals surface area contributed by atoms with Gasteiger partial charge in [0.05, 0.1) is 19.1 Å². The molecular formula is C21H27N3O3. The van der Waals surface area contributed by atoms with Gasteiger partial charge in [-0.1, -0.05) is 12.1 Å². The number of aromatic nitrogens is 1. The molecule has 0 aliphatic carbocycles. The number of carbonyl (C=O) groups excluding carboxylic acids is 2. The number of H-pyrrole nitrogens is 1. The van der Waals surface area contributed by atoms with Crippen molar-refractivity contribution < 1.29 is 14.3 Å². The highest BCUT2D eigenvalue weighted by atomic mass is 16.5.